The lowest BCUT2D eigenvalue weighted by atomic mass is 9.78. The lowest BCUT2D eigenvalue weighted by Gasteiger charge is -2.30. The quantitative estimate of drug-likeness (QED) is 0.605. The van der Waals surface area contributed by atoms with Crippen molar-refractivity contribution < 1.29 is 14.3 Å². The standard InChI is InChI=1S/C26H25N3O3/c1-31-18-9-10-24(32-2)19(14-18)17-12-22-25(23(30)13-17)26(16-6-5-11-27-15-16)29-21-8-4-3-7-20(21)28-22/h3-11,14-15,17,26,28-29H,12-13H2,1-2H3/t17-,26-/m0/s1. The molecule has 2 aromatic carbocycles. The molecule has 0 amide bonds. The zero-order valence-electron chi connectivity index (χ0n) is 18.1. The molecule has 0 radical (unpaired) electrons. The second-order valence-corrected chi connectivity index (χ2v) is 8.06. The second-order valence-electron chi connectivity index (χ2n) is 8.06. The number of allylic oxidation sites excluding steroid dienone is 1. The van der Waals surface area contributed by atoms with Crippen LogP contribution >= 0.6 is 0 Å². The number of carbonyl (C=O) groups excluding carboxylic acids is 1. The van der Waals surface area contributed by atoms with Crippen molar-refractivity contribution in [2.75, 3.05) is 24.9 Å². The zero-order valence-corrected chi connectivity index (χ0v) is 18.1. The van der Waals surface area contributed by atoms with Crippen molar-refractivity contribution in [2.24, 2.45) is 0 Å². The summed E-state index contributed by atoms with van der Waals surface area (Å²) in [5.41, 5.74) is 5.56. The largest absolute Gasteiger partial charge is 0.497 e. The number of methoxy groups -OCH3 is 2. The zero-order chi connectivity index (χ0) is 22.1. The summed E-state index contributed by atoms with van der Waals surface area (Å²) in [6.45, 7) is 0. The first-order chi connectivity index (χ1) is 15.7. The number of hydrogen-bond donors (Lipinski definition) is 2. The maximum absolute atomic E-state index is 13.6. The Bertz CT molecular complexity index is 1190. The van der Waals surface area contributed by atoms with Gasteiger partial charge in [0.15, 0.2) is 5.78 Å². The number of ether oxygens (including phenoxy) is 2. The summed E-state index contributed by atoms with van der Waals surface area (Å²) in [6, 6.07) is 17.4. The van der Waals surface area contributed by atoms with Crippen molar-refractivity contribution >= 4 is 17.2 Å². The summed E-state index contributed by atoms with van der Waals surface area (Å²) in [5, 5.41) is 7.14. The minimum absolute atomic E-state index is 0.0152. The Morgan fingerprint density at radius 2 is 1.81 bits per heavy atom. The van der Waals surface area contributed by atoms with Crippen molar-refractivity contribution in [1.82, 2.24) is 4.98 Å². The molecular formula is C26H25N3O3. The third-order valence-corrected chi connectivity index (χ3v) is 6.20. The summed E-state index contributed by atoms with van der Waals surface area (Å²) in [4.78, 5) is 17.9. The van der Waals surface area contributed by atoms with Gasteiger partial charge in [0.25, 0.3) is 0 Å². The molecule has 3 aromatic rings. The average molecular weight is 428 g/mol. The highest BCUT2D eigenvalue weighted by Gasteiger charge is 2.37. The molecule has 1 aliphatic carbocycles. The molecular weight excluding hydrogens is 402 g/mol. The number of aromatic nitrogens is 1. The van der Waals surface area contributed by atoms with Crippen LogP contribution in [-0.2, 0) is 4.79 Å². The van der Waals surface area contributed by atoms with Gasteiger partial charge < -0.3 is 20.1 Å². The molecule has 0 saturated carbocycles. The Labute approximate surface area is 187 Å². The molecule has 2 aliphatic rings. The van der Waals surface area contributed by atoms with Gasteiger partial charge in [0.2, 0.25) is 0 Å². The van der Waals surface area contributed by atoms with E-state index in [4.69, 9.17) is 9.47 Å². The van der Waals surface area contributed by atoms with Crippen LogP contribution in [0.15, 0.2) is 78.3 Å². The highest BCUT2D eigenvalue weighted by Crippen LogP contribution is 2.46. The summed E-state index contributed by atoms with van der Waals surface area (Å²) in [6.07, 6.45) is 4.66. The first kappa shape index (κ1) is 20.1. The van der Waals surface area contributed by atoms with Gasteiger partial charge >= 0.3 is 0 Å². The van der Waals surface area contributed by atoms with Gasteiger partial charge in [-0.1, -0.05) is 18.2 Å². The second kappa shape index (κ2) is 8.38. The average Bonchev–Trinajstić information content (AvgIpc) is 3.01. The molecule has 0 bridgehead atoms. The maximum atomic E-state index is 13.6. The van der Waals surface area contributed by atoms with E-state index >= 15 is 0 Å². The summed E-state index contributed by atoms with van der Waals surface area (Å²) >= 11 is 0. The molecule has 2 N–H and O–H groups in total. The third-order valence-electron chi connectivity index (χ3n) is 6.20. The predicted octanol–water partition coefficient (Wildman–Crippen LogP) is 5.08. The number of fused-ring (bicyclic) bond motifs is 1. The lowest BCUT2D eigenvalue weighted by molar-refractivity contribution is -0.116. The van der Waals surface area contributed by atoms with Gasteiger partial charge in [-0.25, -0.2) is 0 Å². The topological polar surface area (TPSA) is 72.5 Å². The minimum atomic E-state index is -0.268. The van der Waals surface area contributed by atoms with E-state index in [1.54, 1.807) is 20.4 Å². The lowest BCUT2D eigenvalue weighted by Crippen LogP contribution is -2.27. The molecule has 32 heavy (non-hydrogen) atoms. The van der Waals surface area contributed by atoms with Crippen LogP contribution in [0.2, 0.25) is 0 Å². The van der Waals surface area contributed by atoms with E-state index in [1.165, 1.54) is 0 Å². The van der Waals surface area contributed by atoms with E-state index in [0.717, 1.165) is 45.3 Å². The highest BCUT2D eigenvalue weighted by molar-refractivity contribution is 6.01. The number of carbonyl (C=O) groups is 1. The fraction of sp³-hybridized carbons (Fsp3) is 0.231. The van der Waals surface area contributed by atoms with Gasteiger partial charge in [-0.15, -0.1) is 0 Å². The number of benzene rings is 2. The van der Waals surface area contributed by atoms with Gasteiger partial charge in [0.1, 0.15) is 11.5 Å². The molecule has 2 heterocycles. The monoisotopic (exact) mass is 427 g/mol. The fourth-order valence-electron chi connectivity index (χ4n) is 4.67. The van der Waals surface area contributed by atoms with Crippen molar-refractivity contribution in [3.05, 3.63) is 89.4 Å². The maximum Gasteiger partial charge on any atom is 0.163 e. The van der Waals surface area contributed by atoms with E-state index in [9.17, 15) is 4.79 Å². The number of para-hydroxylation sites is 2. The molecule has 1 aromatic heterocycles. The van der Waals surface area contributed by atoms with Crippen molar-refractivity contribution in [3.63, 3.8) is 0 Å². The van der Waals surface area contributed by atoms with Crippen LogP contribution < -0.4 is 20.1 Å². The SMILES string of the molecule is COc1ccc(OC)c([C@@H]2CC(=O)C3=C(C2)Nc2ccccc2N[C@H]3c2cccnc2)c1. The number of anilines is 2. The Hall–Kier alpha value is -3.80. The molecule has 0 saturated heterocycles. The predicted molar refractivity (Wildman–Crippen MR) is 124 cm³/mol. The number of nitrogens with one attached hydrogen (secondary N) is 2. The molecule has 6 heteroatoms. The number of ketones is 1. The van der Waals surface area contributed by atoms with Crippen LogP contribution in [0.4, 0.5) is 11.4 Å². The molecule has 0 unspecified atom stereocenters. The smallest absolute Gasteiger partial charge is 0.163 e. The molecule has 1 aliphatic heterocycles. The number of nitrogens with zero attached hydrogens (tertiary/aromatic N) is 1. The van der Waals surface area contributed by atoms with Gasteiger partial charge in [-0.05, 0) is 48.4 Å². The van der Waals surface area contributed by atoms with Crippen LogP contribution in [0.5, 0.6) is 11.5 Å². The number of rotatable bonds is 4. The minimum Gasteiger partial charge on any atom is -0.497 e. The Balaban J connectivity index is 1.61. The van der Waals surface area contributed by atoms with E-state index in [2.05, 4.69) is 15.6 Å². The van der Waals surface area contributed by atoms with E-state index in [1.807, 2.05) is 60.8 Å². The first-order valence-corrected chi connectivity index (χ1v) is 10.7. The molecule has 5 rings (SSSR count). The summed E-state index contributed by atoms with van der Waals surface area (Å²) < 4.78 is 11.1. The molecule has 162 valence electrons. The van der Waals surface area contributed by atoms with Crippen LogP contribution in [0.3, 0.4) is 0 Å². The summed E-state index contributed by atoms with van der Waals surface area (Å²) in [7, 11) is 3.30. The number of pyridine rings is 1. The Kier molecular flexibility index (Phi) is 5.27. The van der Waals surface area contributed by atoms with E-state index in [-0.39, 0.29) is 17.7 Å². The van der Waals surface area contributed by atoms with Crippen LogP contribution in [0.25, 0.3) is 0 Å². The van der Waals surface area contributed by atoms with Gasteiger partial charge in [-0.3, -0.25) is 9.78 Å². The Morgan fingerprint density at radius 1 is 0.969 bits per heavy atom. The van der Waals surface area contributed by atoms with Gasteiger partial charge in [0.05, 0.1) is 31.6 Å². The molecule has 0 fully saturated rings. The summed E-state index contributed by atoms with van der Waals surface area (Å²) in [5.74, 6) is 1.62. The molecule has 0 spiro atoms. The fourth-order valence-corrected chi connectivity index (χ4v) is 4.67. The van der Waals surface area contributed by atoms with Crippen molar-refractivity contribution in [1.29, 1.82) is 0 Å². The number of hydrogen-bond acceptors (Lipinski definition) is 6. The highest BCUT2D eigenvalue weighted by atomic mass is 16.5. The van der Waals surface area contributed by atoms with Crippen LogP contribution in [0.1, 0.15) is 35.9 Å². The molecule has 2 atom stereocenters. The van der Waals surface area contributed by atoms with Crippen LogP contribution in [-0.4, -0.2) is 25.0 Å². The van der Waals surface area contributed by atoms with Crippen LogP contribution in [0, 0.1) is 0 Å². The van der Waals surface area contributed by atoms with E-state index in [0.29, 0.717) is 12.8 Å². The third kappa shape index (κ3) is 3.58. The first-order valence-electron chi connectivity index (χ1n) is 10.7. The molecule has 6 nitrogen and oxygen atoms in total. The van der Waals surface area contributed by atoms with Gasteiger partial charge in [-0.2, -0.15) is 0 Å². The van der Waals surface area contributed by atoms with Gasteiger partial charge in [0, 0.05) is 41.6 Å². The van der Waals surface area contributed by atoms with Crippen molar-refractivity contribution in [3.8, 4) is 11.5 Å². The Morgan fingerprint density at radius 3 is 2.56 bits per heavy atom. The number of Topliss-reactive ketones (excluding diaryl/α,β-unsaturated/α-hetero) is 1. The van der Waals surface area contributed by atoms with Crippen molar-refractivity contribution in [2.45, 2.75) is 24.8 Å². The van der Waals surface area contributed by atoms with E-state index < -0.39 is 0 Å². The normalized spacial score (nSPS) is 19.8.